The molecule has 0 spiro atoms. The van der Waals surface area contributed by atoms with Crippen molar-refractivity contribution in [1.29, 1.82) is 0 Å². The Hall–Kier alpha value is -3.97. The van der Waals surface area contributed by atoms with Gasteiger partial charge >= 0.3 is 0 Å². The zero-order chi connectivity index (χ0) is 34.4. The van der Waals surface area contributed by atoms with E-state index in [4.69, 9.17) is 14.5 Å². The number of piperidine rings is 1. The van der Waals surface area contributed by atoms with E-state index in [1.807, 2.05) is 31.2 Å². The fourth-order valence-corrected chi connectivity index (χ4v) is 6.40. The van der Waals surface area contributed by atoms with Gasteiger partial charge in [0.1, 0.15) is 23.8 Å². The van der Waals surface area contributed by atoms with Gasteiger partial charge in [0, 0.05) is 30.6 Å². The molecule has 0 saturated carbocycles. The molecular weight excluding hydrogens is 627 g/mol. The van der Waals surface area contributed by atoms with Gasteiger partial charge in [0.25, 0.3) is 5.91 Å². The van der Waals surface area contributed by atoms with Crippen molar-refractivity contribution >= 4 is 51.2 Å². The lowest BCUT2D eigenvalue weighted by atomic mass is 9.86. The number of amides is 1. The lowest BCUT2D eigenvalue weighted by Crippen LogP contribution is -2.36. The van der Waals surface area contributed by atoms with E-state index in [9.17, 15) is 9.35 Å². The molecule has 256 valence electrons. The number of aromatic nitrogens is 3. The molecule has 12 heteroatoms. The fourth-order valence-electron chi connectivity index (χ4n) is 5.94. The third-order valence-corrected chi connectivity index (χ3v) is 9.28. The molecule has 2 aromatic heterocycles. The van der Waals surface area contributed by atoms with Crippen LogP contribution in [0.1, 0.15) is 60.8 Å². The molecule has 3 N–H and O–H groups in total. The summed E-state index contributed by atoms with van der Waals surface area (Å²) < 4.78 is 25.9. The summed E-state index contributed by atoms with van der Waals surface area (Å²) in [7, 11) is 3.27. The zero-order valence-electron chi connectivity index (χ0n) is 29.0. The van der Waals surface area contributed by atoms with Gasteiger partial charge < -0.3 is 29.6 Å². The number of aryl methyl sites for hydroxylation is 1. The molecule has 1 aliphatic rings. The molecule has 1 saturated heterocycles. The number of ether oxygens (including phenoxy) is 2. The Kier molecular flexibility index (Phi) is 11.4. The third-order valence-electron chi connectivity index (χ3n) is 8.77. The number of hydrogen-bond donors (Lipinski definition) is 3. The van der Waals surface area contributed by atoms with Crippen LogP contribution < -0.4 is 20.1 Å². The van der Waals surface area contributed by atoms with E-state index >= 15 is 0 Å². The summed E-state index contributed by atoms with van der Waals surface area (Å²) in [6.45, 7) is 12.1. The second-order valence-electron chi connectivity index (χ2n) is 13.4. The summed E-state index contributed by atoms with van der Waals surface area (Å²) in [5, 5.41) is 6.46. The number of fused-ring (bicyclic) bond motifs is 1. The molecule has 48 heavy (non-hydrogen) atoms. The van der Waals surface area contributed by atoms with Crippen LogP contribution in [0.4, 0.5) is 22.9 Å². The van der Waals surface area contributed by atoms with Gasteiger partial charge in [-0.25, -0.2) is 19.7 Å². The first-order valence-corrected chi connectivity index (χ1v) is 17.8. The summed E-state index contributed by atoms with van der Waals surface area (Å²) in [5.41, 5.74) is 6.34. The summed E-state index contributed by atoms with van der Waals surface area (Å²) in [6, 6.07) is 13.4. The standard InChI is InChI=1S/C36H47N7O4S/c1-23-8-9-25(35(44)41-30-20-26(36(2,3)4)21-31(33(30)47-6)42-48(7)45)19-29(23)40-34-32-28(37-22-38-34)11-10-27(39-32)18-24-12-14-43(15-13-24)16-17-46-5/h8-11,19-22,24,42H,12-18H2,1-7H3,(H,41,44)(H,37,38,40). The van der Waals surface area contributed by atoms with Crippen LogP contribution in [0.15, 0.2) is 48.8 Å². The van der Waals surface area contributed by atoms with Gasteiger partial charge in [-0.2, -0.15) is 0 Å². The van der Waals surface area contributed by atoms with Crippen molar-refractivity contribution in [3.63, 3.8) is 0 Å². The second-order valence-corrected chi connectivity index (χ2v) is 14.5. The minimum absolute atomic E-state index is 0.228. The minimum atomic E-state index is -1.33. The maximum atomic E-state index is 13.7. The highest BCUT2D eigenvalue weighted by molar-refractivity contribution is 7.92. The van der Waals surface area contributed by atoms with Gasteiger partial charge in [-0.15, -0.1) is 0 Å². The van der Waals surface area contributed by atoms with Crippen LogP contribution in [0.3, 0.4) is 0 Å². The fraction of sp³-hybridized carbons (Fsp3) is 0.444. The Morgan fingerprint density at radius 1 is 1.04 bits per heavy atom. The molecule has 1 aliphatic heterocycles. The Morgan fingerprint density at radius 3 is 2.48 bits per heavy atom. The van der Waals surface area contributed by atoms with Crippen molar-refractivity contribution in [2.24, 2.45) is 5.92 Å². The first kappa shape index (κ1) is 35.3. The molecule has 0 radical (unpaired) electrons. The smallest absolute Gasteiger partial charge is 0.255 e. The van der Waals surface area contributed by atoms with E-state index in [-0.39, 0.29) is 11.3 Å². The van der Waals surface area contributed by atoms with Gasteiger partial charge in [-0.3, -0.25) is 4.79 Å². The van der Waals surface area contributed by atoms with Gasteiger partial charge in [0.05, 0.1) is 36.3 Å². The van der Waals surface area contributed by atoms with Gasteiger partial charge in [-0.05, 0) is 98.1 Å². The number of methoxy groups -OCH3 is 2. The number of nitrogens with zero attached hydrogens (tertiary/aromatic N) is 4. The number of hydrogen-bond acceptors (Lipinski definition) is 10. The SMILES string of the molecule is COCCN1CCC(Cc2ccc3ncnc(Nc4cc(C(=O)Nc5cc(C(C)(C)C)cc(N[S+](C)[O-])c5OC)ccc4C)c3n2)CC1. The molecule has 4 aromatic rings. The van der Waals surface area contributed by atoms with E-state index < -0.39 is 11.4 Å². The summed E-state index contributed by atoms with van der Waals surface area (Å²) in [6.07, 6.45) is 6.25. The highest BCUT2D eigenvalue weighted by atomic mass is 32.2. The number of nitrogens with one attached hydrogen (secondary N) is 3. The van der Waals surface area contributed by atoms with Crippen LogP contribution in [0.5, 0.6) is 5.75 Å². The number of carbonyl (C=O) groups excluding carboxylic acids is 1. The molecule has 3 heterocycles. The first-order valence-electron chi connectivity index (χ1n) is 16.3. The molecule has 2 aromatic carbocycles. The van der Waals surface area contributed by atoms with Crippen molar-refractivity contribution in [3.8, 4) is 5.75 Å². The van der Waals surface area contributed by atoms with Crippen molar-refractivity contribution in [3.05, 3.63) is 71.2 Å². The van der Waals surface area contributed by atoms with E-state index in [1.165, 1.54) is 13.4 Å². The maximum Gasteiger partial charge on any atom is 0.255 e. The second kappa shape index (κ2) is 15.5. The monoisotopic (exact) mass is 673 g/mol. The van der Waals surface area contributed by atoms with Gasteiger partial charge in [0.2, 0.25) is 0 Å². The largest absolute Gasteiger partial charge is 0.593 e. The van der Waals surface area contributed by atoms with E-state index in [0.29, 0.717) is 39.9 Å². The average Bonchev–Trinajstić information content (AvgIpc) is 3.05. The average molecular weight is 674 g/mol. The minimum Gasteiger partial charge on any atom is -0.593 e. The number of pyridine rings is 1. The number of carbonyl (C=O) groups is 1. The topological polar surface area (TPSA) is 137 Å². The van der Waals surface area contributed by atoms with Crippen molar-refractivity contribution in [1.82, 2.24) is 19.9 Å². The molecule has 1 fully saturated rings. The Labute approximate surface area is 286 Å². The van der Waals surface area contributed by atoms with Gasteiger partial charge in [-0.1, -0.05) is 26.8 Å². The predicted octanol–water partition coefficient (Wildman–Crippen LogP) is 6.24. The lowest BCUT2D eigenvalue weighted by molar-refractivity contribution is 0.102. The van der Waals surface area contributed by atoms with Crippen LogP contribution in [-0.4, -0.2) is 77.0 Å². The van der Waals surface area contributed by atoms with Crippen LogP contribution in [0.2, 0.25) is 0 Å². The Balaban J connectivity index is 1.37. The van der Waals surface area contributed by atoms with E-state index in [1.54, 1.807) is 25.5 Å². The number of benzene rings is 2. The van der Waals surface area contributed by atoms with Gasteiger partial charge in [0.15, 0.2) is 11.6 Å². The molecule has 5 rings (SSSR count). The van der Waals surface area contributed by atoms with E-state index in [0.717, 1.165) is 73.5 Å². The van der Waals surface area contributed by atoms with Crippen molar-refractivity contribution < 1.29 is 18.8 Å². The van der Waals surface area contributed by atoms with Crippen LogP contribution >= 0.6 is 0 Å². The Morgan fingerprint density at radius 2 is 1.79 bits per heavy atom. The molecule has 11 nitrogen and oxygen atoms in total. The van der Waals surface area contributed by atoms with Crippen LogP contribution in [0.25, 0.3) is 11.0 Å². The Bertz CT molecular complexity index is 1740. The quantitative estimate of drug-likeness (QED) is 0.148. The molecular formula is C36H47N7O4S. The lowest BCUT2D eigenvalue weighted by Gasteiger charge is -2.31. The molecule has 0 aliphatic carbocycles. The third kappa shape index (κ3) is 8.73. The highest BCUT2D eigenvalue weighted by Gasteiger charge is 2.23. The van der Waals surface area contributed by atoms with Crippen molar-refractivity contribution in [2.75, 3.05) is 62.1 Å². The summed E-state index contributed by atoms with van der Waals surface area (Å²) in [4.78, 5) is 30.2. The molecule has 1 unspecified atom stereocenters. The molecule has 1 amide bonds. The number of anilines is 4. The first-order chi connectivity index (χ1) is 22.9. The maximum absolute atomic E-state index is 13.7. The summed E-state index contributed by atoms with van der Waals surface area (Å²) in [5.74, 6) is 1.25. The highest BCUT2D eigenvalue weighted by Crippen LogP contribution is 2.39. The normalized spacial score (nSPS) is 14.9. The van der Waals surface area contributed by atoms with Crippen molar-refractivity contribution in [2.45, 2.75) is 52.4 Å². The van der Waals surface area contributed by atoms with E-state index in [2.05, 4.69) is 57.1 Å². The summed E-state index contributed by atoms with van der Waals surface area (Å²) >= 11 is -1.33. The molecule has 0 bridgehead atoms. The zero-order valence-corrected chi connectivity index (χ0v) is 29.8. The van der Waals surface area contributed by atoms with Crippen LogP contribution in [0, 0.1) is 12.8 Å². The number of likely N-dealkylation sites (tertiary alicyclic amines) is 1. The van der Waals surface area contributed by atoms with Crippen LogP contribution in [-0.2, 0) is 27.9 Å². The predicted molar refractivity (Wildman–Crippen MR) is 194 cm³/mol. The molecule has 1 atom stereocenters. The number of rotatable bonds is 12.